The second kappa shape index (κ2) is 9.86. The zero-order valence-electron chi connectivity index (χ0n) is 11.5. The summed E-state index contributed by atoms with van der Waals surface area (Å²) in [5.74, 6) is 0.677. The van der Waals surface area contributed by atoms with Gasteiger partial charge in [0.2, 0.25) is 0 Å². The standard InChI is InChI=1S/C14H29NO/c1-6-16-15-14(5)13(4)11-9-7-8-10-12(2)3/h13-15H,2,6-11H2,1,3-5H3. The molecule has 2 unspecified atom stereocenters. The monoisotopic (exact) mass is 227 g/mol. The van der Waals surface area contributed by atoms with Crippen molar-refractivity contribution >= 4 is 0 Å². The van der Waals surface area contributed by atoms with Crippen molar-refractivity contribution in [2.45, 2.75) is 65.8 Å². The molecule has 0 bridgehead atoms. The van der Waals surface area contributed by atoms with Crippen molar-refractivity contribution in [3.63, 3.8) is 0 Å². The molecule has 0 heterocycles. The van der Waals surface area contributed by atoms with Gasteiger partial charge in [-0.1, -0.05) is 25.3 Å². The maximum atomic E-state index is 5.21. The molecule has 2 nitrogen and oxygen atoms in total. The van der Waals surface area contributed by atoms with E-state index in [2.05, 4.69) is 32.8 Å². The Morgan fingerprint density at radius 2 is 1.94 bits per heavy atom. The summed E-state index contributed by atoms with van der Waals surface area (Å²) in [6.07, 6.45) is 6.37. The van der Waals surface area contributed by atoms with Gasteiger partial charge in [0.1, 0.15) is 0 Å². The molecule has 0 amide bonds. The van der Waals surface area contributed by atoms with Crippen LogP contribution in [0.15, 0.2) is 12.2 Å². The van der Waals surface area contributed by atoms with E-state index in [9.17, 15) is 0 Å². The Morgan fingerprint density at radius 1 is 1.25 bits per heavy atom. The van der Waals surface area contributed by atoms with E-state index in [-0.39, 0.29) is 0 Å². The van der Waals surface area contributed by atoms with Gasteiger partial charge < -0.3 is 4.84 Å². The first-order valence-corrected chi connectivity index (χ1v) is 6.59. The molecular weight excluding hydrogens is 198 g/mol. The molecule has 0 saturated heterocycles. The molecule has 0 fully saturated rings. The topological polar surface area (TPSA) is 21.3 Å². The summed E-state index contributed by atoms with van der Waals surface area (Å²) in [5.41, 5.74) is 4.38. The van der Waals surface area contributed by atoms with Crippen LogP contribution in [0.3, 0.4) is 0 Å². The average molecular weight is 227 g/mol. The van der Waals surface area contributed by atoms with Gasteiger partial charge in [-0.25, -0.2) is 0 Å². The maximum absolute atomic E-state index is 5.21. The molecule has 0 spiro atoms. The number of unbranched alkanes of at least 4 members (excludes halogenated alkanes) is 2. The van der Waals surface area contributed by atoms with Crippen molar-refractivity contribution in [1.82, 2.24) is 5.48 Å². The van der Waals surface area contributed by atoms with Crippen LogP contribution in [0.5, 0.6) is 0 Å². The number of allylic oxidation sites excluding steroid dienone is 1. The second-order valence-electron chi connectivity index (χ2n) is 4.87. The summed E-state index contributed by atoms with van der Waals surface area (Å²) in [5, 5.41) is 0. The minimum absolute atomic E-state index is 0.445. The molecular formula is C14H29NO. The Hall–Kier alpha value is -0.340. The van der Waals surface area contributed by atoms with Gasteiger partial charge in [0.15, 0.2) is 0 Å². The lowest BCUT2D eigenvalue weighted by molar-refractivity contribution is 0.0147. The van der Waals surface area contributed by atoms with E-state index < -0.39 is 0 Å². The molecule has 2 heteroatoms. The van der Waals surface area contributed by atoms with Crippen molar-refractivity contribution in [2.24, 2.45) is 5.92 Å². The molecule has 0 aromatic rings. The third-order valence-electron chi connectivity index (χ3n) is 3.03. The number of nitrogens with one attached hydrogen (secondary N) is 1. The third kappa shape index (κ3) is 8.93. The van der Waals surface area contributed by atoms with Crippen molar-refractivity contribution < 1.29 is 4.84 Å². The van der Waals surface area contributed by atoms with Crippen LogP contribution in [0.2, 0.25) is 0 Å². The van der Waals surface area contributed by atoms with E-state index >= 15 is 0 Å². The first-order valence-electron chi connectivity index (χ1n) is 6.59. The normalized spacial score (nSPS) is 14.8. The molecule has 0 aromatic carbocycles. The van der Waals surface area contributed by atoms with Crippen LogP contribution in [0.25, 0.3) is 0 Å². The molecule has 0 aliphatic carbocycles. The number of rotatable bonds is 10. The molecule has 16 heavy (non-hydrogen) atoms. The van der Waals surface area contributed by atoms with Crippen molar-refractivity contribution in [1.29, 1.82) is 0 Å². The largest absolute Gasteiger partial charge is 0.302 e. The fraction of sp³-hybridized carbons (Fsp3) is 0.857. The zero-order chi connectivity index (χ0) is 12.4. The van der Waals surface area contributed by atoms with E-state index in [0.717, 1.165) is 6.61 Å². The number of hydrogen-bond donors (Lipinski definition) is 1. The summed E-state index contributed by atoms with van der Waals surface area (Å²) < 4.78 is 0. The molecule has 0 aliphatic heterocycles. The molecule has 1 N–H and O–H groups in total. The molecule has 96 valence electrons. The lowest BCUT2D eigenvalue weighted by Gasteiger charge is -2.20. The first-order chi connectivity index (χ1) is 7.57. The van der Waals surface area contributed by atoms with Gasteiger partial charge in [0, 0.05) is 6.04 Å². The van der Waals surface area contributed by atoms with Gasteiger partial charge in [-0.05, 0) is 46.0 Å². The summed E-state index contributed by atoms with van der Waals surface area (Å²) in [7, 11) is 0. The SMILES string of the molecule is C=C(C)CCCCCC(C)C(C)NOCC. The van der Waals surface area contributed by atoms with E-state index in [4.69, 9.17) is 4.84 Å². The molecule has 0 radical (unpaired) electrons. The quantitative estimate of drug-likeness (QED) is 0.345. The average Bonchev–Trinajstić information content (AvgIpc) is 2.24. The fourth-order valence-electron chi connectivity index (χ4n) is 1.65. The van der Waals surface area contributed by atoms with Crippen molar-refractivity contribution in [2.75, 3.05) is 6.61 Å². The highest BCUT2D eigenvalue weighted by atomic mass is 16.6. The minimum atomic E-state index is 0.445. The number of hydroxylamine groups is 1. The molecule has 0 rings (SSSR count). The predicted octanol–water partition coefficient (Wildman–Crippen LogP) is 4.08. The molecule has 2 atom stereocenters. The van der Waals surface area contributed by atoms with Gasteiger partial charge >= 0.3 is 0 Å². The highest BCUT2D eigenvalue weighted by molar-refractivity contribution is 4.87. The summed E-state index contributed by atoms with van der Waals surface area (Å²) in [4.78, 5) is 5.21. The predicted molar refractivity (Wildman–Crippen MR) is 71.3 cm³/mol. The van der Waals surface area contributed by atoms with E-state index in [0.29, 0.717) is 12.0 Å². The summed E-state index contributed by atoms with van der Waals surface area (Å²) >= 11 is 0. The van der Waals surface area contributed by atoms with Crippen LogP contribution in [0, 0.1) is 5.92 Å². The van der Waals surface area contributed by atoms with Crippen molar-refractivity contribution in [3.05, 3.63) is 12.2 Å². The molecule has 0 aliphatic rings. The zero-order valence-corrected chi connectivity index (χ0v) is 11.5. The van der Waals surface area contributed by atoms with Crippen LogP contribution < -0.4 is 5.48 Å². The van der Waals surface area contributed by atoms with Crippen LogP contribution in [0.4, 0.5) is 0 Å². The van der Waals surface area contributed by atoms with Crippen LogP contribution in [-0.4, -0.2) is 12.6 Å². The van der Waals surface area contributed by atoms with Gasteiger partial charge in [-0.2, -0.15) is 5.48 Å². The minimum Gasteiger partial charge on any atom is -0.302 e. The Labute approximate surface area is 101 Å². The van der Waals surface area contributed by atoms with E-state index in [1.165, 1.54) is 37.7 Å². The first kappa shape index (κ1) is 15.7. The smallest absolute Gasteiger partial charge is 0.0654 e. The summed E-state index contributed by atoms with van der Waals surface area (Å²) in [6.45, 7) is 13.2. The summed E-state index contributed by atoms with van der Waals surface area (Å²) in [6, 6.07) is 0.445. The highest BCUT2D eigenvalue weighted by Crippen LogP contribution is 2.15. The Bertz CT molecular complexity index is 180. The molecule has 0 aromatic heterocycles. The second-order valence-corrected chi connectivity index (χ2v) is 4.87. The Kier molecular flexibility index (Phi) is 9.65. The maximum Gasteiger partial charge on any atom is 0.0654 e. The lowest BCUT2D eigenvalue weighted by Crippen LogP contribution is -2.32. The van der Waals surface area contributed by atoms with Crippen molar-refractivity contribution in [3.8, 4) is 0 Å². The van der Waals surface area contributed by atoms with Crippen LogP contribution in [0.1, 0.15) is 59.8 Å². The van der Waals surface area contributed by atoms with E-state index in [1.807, 2.05) is 6.92 Å². The third-order valence-corrected chi connectivity index (χ3v) is 3.03. The van der Waals surface area contributed by atoms with Gasteiger partial charge in [-0.15, -0.1) is 6.58 Å². The lowest BCUT2D eigenvalue weighted by atomic mass is 9.96. The fourth-order valence-corrected chi connectivity index (χ4v) is 1.65. The van der Waals surface area contributed by atoms with E-state index in [1.54, 1.807) is 0 Å². The van der Waals surface area contributed by atoms with Crippen LogP contribution >= 0.6 is 0 Å². The Balaban J connectivity index is 3.41. The van der Waals surface area contributed by atoms with Gasteiger partial charge in [-0.3, -0.25) is 0 Å². The van der Waals surface area contributed by atoms with Gasteiger partial charge in [0.05, 0.1) is 6.61 Å². The number of hydrogen-bond acceptors (Lipinski definition) is 2. The Morgan fingerprint density at radius 3 is 2.50 bits per heavy atom. The van der Waals surface area contributed by atoms with Crippen LogP contribution in [-0.2, 0) is 4.84 Å². The van der Waals surface area contributed by atoms with Gasteiger partial charge in [0.25, 0.3) is 0 Å². The highest BCUT2D eigenvalue weighted by Gasteiger charge is 2.10. The molecule has 0 saturated carbocycles.